The van der Waals surface area contributed by atoms with Gasteiger partial charge in [0.15, 0.2) is 0 Å². The summed E-state index contributed by atoms with van der Waals surface area (Å²) in [5.74, 6) is -0.749. The molecule has 1 atom stereocenters. The molecular weight excluding hydrogens is 417 g/mol. The van der Waals surface area contributed by atoms with Gasteiger partial charge in [-0.05, 0) is 73.1 Å². The summed E-state index contributed by atoms with van der Waals surface area (Å²) in [5.41, 5.74) is 5.45. The molecule has 0 aromatic carbocycles. The highest BCUT2D eigenvalue weighted by Crippen LogP contribution is 2.47. The van der Waals surface area contributed by atoms with Gasteiger partial charge in [-0.3, -0.25) is 9.97 Å². The first-order valence-corrected chi connectivity index (χ1v) is 11.2. The van der Waals surface area contributed by atoms with E-state index in [1.807, 2.05) is 19.1 Å². The van der Waals surface area contributed by atoms with E-state index in [4.69, 9.17) is 4.98 Å². The van der Waals surface area contributed by atoms with Crippen LogP contribution in [0, 0.1) is 12.8 Å². The van der Waals surface area contributed by atoms with Gasteiger partial charge < -0.3 is 0 Å². The Bertz CT molecular complexity index is 1100. The average molecular weight is 442 g/mol. The zero-order valence-electron chi connectivity index (χ0n) is 17.9. The van der Waals surface area contributed by atoms with Gasteiger partial charge in [0.2, 0.25) is 5.82 Å². The number of alkyl halides is 3. The van der Waals surface area contributed by atoms with Crippen molar-refractivity contribution in [2.24, 2.45) is 5.92 Å². The molecule has 0 amide bonds. The maximum atomic E-state index is 13.7. The molecular formula is C23H25F3N6. The van der Waals surface area contributed by atoms with Gasteiger partial charge in [0.1, 0.15) is 0 Å². The van der Waals surface area contributed by atoms with Crippen LogP contribution in [-0.2, 0) is 12.8 Å². The number of aryl methyl sites for hydroxylation is 2. The van der Waals surface area contributed by atoms with E-state index in [2.05, 4.69) is 25.6 Å². The molecule has 0 radical (unpaired) electrons. The van der Waals surface area contributed by atoms with Crippen molar-refractivity contribution in [2.75, 3.05) is 0 Å². The van der Waals surface area contributed by atoms with Crippen LogP contribution < -0.4 is 0 Å². The summed E-state index contributed by atoms with van der Waals surface area (Å²) in [4.78, 5) is 9.30. The number of pyridine rings is 2. The lowest BCUT2D eigenvalue weighted by Crippen LogP contribution is -2.30. The third-order valence-corrected chi connectivity index (χ3v) is 6.80. The fraction of sp³-hybridized carbons (Fsp3) is 0.522. The van der Waals surface area contributed by atoms with Gasteiger partial charge in [-0.25, -0.2) is 0 Å². The number of rotatable bonds is 3. The number of aromatic amines is 1. The summed E-state index contributed by atoms with van der Waals surface area (Å²) in [7, 11) is 0. The van der Waals surface area contributed by atoms with Gasteiger partial charge in [0, 0.05) is 23.5 Å². The molecule has 3 aromatic heterocycles. The van der Waals surface area contributed by atoms with E-state index in [0.717, 1.165) is 59.5 Å². The molecule has 0 aliphatic heterocycles. The second kappa shape index (κ2) is 8.26. The van der Waals surface area contributed by atoms with Gasteiger partial charge in [0.05, 0.1) is 17.2 Å². The topological polar surface area (TPSA) is 80.2 Å². The molecule has 1 saturated carbocycles. The molecule has 2 aliphatic carbocycles. The molecule has 1 fully saturated rings. The van der Waals surface area contributed by atoms with Crippen LogP contribution in [0.4, 0.5) is 13.2 Å². The van der Waals surface area contributed by atoms with E-state index in [0.29, 0.717) is 17.8 Å². The Balaban J connectivity index is 1.79. The first-order valence-electron chi connectivity index (χ1n) is 11.2. The second-order valence-electron chi connectivity index (χ2n) is 8.91. The summed E-state index contributed by atoms with van der Waals surface area (Å²) < 4.78 is 41.1. The number of H-pyrrole nitrogens is 1. The van der Waals surface area contributed by atoms with E-state index in [9.17, 15) is 13.2 Å². The Morgan fingerprint density at radius 3 is 2.56 bits per heavy atom. The monoisotopic (exact) mass is 442 g/mol. The maximum Gasteiger partial charge on any atom is 0.392 e. The number of nitrogens with zero attached hydrogens (tertiary/aromatic N) is 5. The molecule has 0 saturated heterocycles. The highest BCUT2D eigenvalue weighted by Gasteiger charge is 2.43. The second-order valence-corrected chi connectivity index (χ2v) is 8.91. The molecule has 9 heteroatoms. The Morgan fingerprint density at radius 1 is 1.06 bits per heavy atom. The van der Waals surface area contributed by atoms with E-state index in [1.54, 1.807) is 6.20 Å². The Morgan fingerprint density at radius 2 is 1.88 bits per heavy atom. The SMILES string of the molecule is Cc1cc(-c2c3c(nc(C4CCCCC4)c2-c2nn[nH]n2)CCC(C(F)(F)F)C3)ccn1. The predicted octanol–water partition coefficient (Wildman–Crippen LogP) is 5.35. The zero-order chi connectivity index (χ0) is 22.3. The smallest absolute Gasteiger partial charge is 0.262 e. The van der Waals surface area contributed by atoms with Gasteiger partial charge in [0.25, 0.3) is 0 Å². The third-order valence-electron chi connectivity index (χ3n) is 6.80. The van der Waals surface area contributed by atoms with Gasteiger partial charge >= 0.3 is 6.18 Å². The molecule has 6 nitrogen and oxygen atoms in total. The number of hydrogen-bond acceptors (Lipinski definition) is 5. The molecule has 3 heterocycles. The van der Waals surface area contributed by atoms with Crippen LogP contribution in [0.2, 0.25) is 0 Å². The van der Waals surface area contributed by atoms with Crippen molar-refractivity contribution >= 4 is 0 Å². The van der Waals surface area contributed by atoms with Crippen LogP contribution in [-0.4, -0.2) is 36.8 Å². The van der Waals surface area contributed by atoms with Crippen LogP contribution in [0.25, 0.3) is 22.5 Å². The molecule has 1 N–H and O–H groups in total. The first kappa shape index (κ1) is 21.0. The predicted molar refractivity (Wildman–Crippen MR) is 113 cm³/mol. The summed E-state index contributed by atoms with van der Waals surface area (Å²) >= 11 is 0. The minimum absolute atomic E-state index is 0.0734. The van der Waals surface area contributed by atoms with Crippen molar-refractivity contribution < 1.29 is 13.2 Å². The fourth-order valence-electron chi connectivity index (χ4n) is 5.24. The van der Waals surface area contributed by atoms with Crippen molar-refractivity contribution in [1.82, 2.24) is 30.6 Å². The molecule has 0 bridgehead atoms. The number of aromatic nitrogens is 6. The Kier molecular flexibility index (Phi) is 5.43. The largest absolute Gasteiger partial charge is 0.392 e. The Hall–Kier alpha value is -2.84. The maximum absolute atomic E-state index is 13.7. The van der Waals surface area contributed by atoms with Crippen LogP contribution in [0.15, 0.2) is 18.3 Å². The van der Waals surface area contributed by atoms with Crippen molar-refractivity contribution in [3.05, 3.63) is 41.0 Å². The zero-order valence-corrected chi connectivity index (χ0v) is 17.9. The van der Waals surface area contributed by atoms with E-state index in [1.165, 1.54) is 6.42 Å². The Labute approximate surface area is 184 Å². The van der Waals surface area contributed by atoms with Gasteiger partial charge in [-0.15, -0.1) is 10.2 Å². The highest BCUT2D eigenvalue weighted by molar-refractivity contribution is 5.85. The van der Waals surface area contributed by atoms with Gasteiger partial charge in [-0.2, -0.15) is 18.4 Å². The third kappa shape index (κ3) is 3.89. The molecule has 5 rings (SSSR count). The molecule has 2 aliphatic rings. The average Bonchev–Trinajstić information content (AvgIpc) is 3.32. The summed E-state index contributed by atoms with van der Waals surface area (Å²) in [6.07, 6.45) is 3.23. The first-order chi connectivity index (χ1) is 15.4. The molecule has 1 unspecified atom stereocenters. The quantitative estimate of drug-likeness (QED) is 0.592. The fourth-order valence-corrected chi connectivity index (χ4v) is 5.24. The van der Waals surface area contributed by atoms with Crippen LogP contribution in [0.1, 0.15) is 67.1 Å². The van der Waals surface area contributed by atoms with E-state index in [-0.39, 0.29) is 18.8 Å². The van der Waals surface area contributed by atoms with Crippen LogP contribution in [0.5, 0.6) is 0 Å². The number of tetrazole rings is 1. The number of hydrogen-bond donors (Lipinski definition) is 1. The molecule has 0 spiro atoms. The lowest BCUT2D eigenvalue weighted by Gasteiger charge is -2.31. The summed E-state index contributed by atoms with van der Waals surface area (Å²) in [6.45, 7) is 1.88. The molecule has 3 aromatic rings. The lowest BCUT2D eigenvalue weighted by atomic mass is 9.77. The minimum atomic E-state index is -4.24. The lowest BCUT2D eigenvalue weighted by molar-refractivity contribution is -0.177. The molecule has 32 heavy (non-hydrogen) atoms. The number of fused-ring (bicyclic) bond motifs is 1. The number of nitrogens with one attached hydrogen (secondary N) is 1. The standard InChI is InChI=1S/C23H25F3N6/c1-13-11-15(9-10-27-13)19-17-12-16(23(24,25)26)7-8-18(17)28-21(14-5-3-2-4-6-14)20(19)22-29-31-32-30-22/h9-11,14,16H,2-8,12H2,1H3,(H,29,30,31,32). The van der Waals surface area contributed by atoms with Crippen molar-refractivity contribution in [3.8, 4) is 22.5 Å². The van der Waals surface area contributed by atoms with Crippen molar-refractivity contribution in [3.63, 3.8) is 0 Å². The van der Waals surface area contributed by atoms with E-state index < -0.39 is 12.1 Å². The van der Waals surface area contributed by atoms with Crippen molar-refractivity contribution in [1.29, 1.82) is 0 Å². The van der Waals surface area contributed by atoms with Crippen LogP contribution in [0.3, 0.4) is 0 Å². The van der Waals surface area contributed by atoms with Gasteiger partial charge in [-0.1, -0.05) is 19.3 Å². The minimum Gasteiger partial charge on any atom is -0.262 e. The van der Waals surface area contributed by atoms with E-state index >= 15 is 0 Å². The normalized spacial score (nSPS) is 19.7. The molecule has 168 valence electrons. The van der Waals surface area contributed by atoms with Crippen LogP contribution >= 0.6 is 0 Å². The number of halogens is 3. The highest BCUT2D eigenvalue weighted by atomic mass is 19.4. The summed E-state index contributed by atoms with van der Waals surface area (Å²) in [6, 6.07) is 3.77. The summed E-state index contributed by atoms with van der Waals surface area (Å²) in [5, 5.41) is 14.7. The van der Waals surface area contributed by atoms with Crippen molar-refractivity contribution in [2.45, 2.75) is 70.4 Å².